The first kappa shape index (κ1) is 23.1. The number of phenols is 1. The van der Waals surface area contributed by atoms with Crippen LogP contribution in [0.15, 0.2) is 60.7 Å². The van der Waals surface area contributed by atoms with Crippen LogP contribution in [-0.4, -0.2) is 45.6 Å². The van der Waals surface area contributed by atoms with Crippen molar-refractivity contribution in [2.45, 2.75) is 18.1 Å². The molecule has 2 unspecified atom stereocenters. The summed E-state index contributed by atoms with van der Waals surface area (Å²) in [7, 11) is 0. The molecule has 1 aliphatic carbocycles. The monoisotopic (exact) mass is 468 g/mol. The Morgan fingerprint density at radius 3 is 2.26 bits per heavy atom. The number of carbonyl (C=O) groups is 1. The second-order valence-electron chi connectivity index (χ2n) is 7.84. The number of carbonyl (C=O) groups excluding carboxylic acids is 1. The number of nitrogens with zero attached hydrogens (tertiary/aromatic N) is 1. The SMILES string of the molecule is O=C(NCC(O)C(O)c1cc(F)cc([N+](=O)[O-])c1O)OCC1c2ccccc2-c2ccccc21. The van der Waals surface area contributed by atoms with Crippen LogP contribution in [0.2, 0.25) is 0 Å². The number of fused-ring (bicyclic) bond motifs is 3. The van der Waals surface area contributed by atoms with Gasteiger partial charge in [0.25, 0.3) is 0 Å². The van der Waals surface area contributed by atoms with Crippen LogP contribution in [0.4, 0.5) is 14.9 Å². The summed E-state index contributed by atoms with van der Waals surface area (Å²) in [5.41, 5.74) is 2.65. The van der Waals surface area contributed by atoms with Crippen LogP contribution >= 0.6 is 0 Å². The fourth-order valence-electron chi connectivity index (χ4n) is 4.13. The van der Waals surface area contributed by atoms with Gasteiger partial charge in [-0.3, -0.25) is 10.1 Å². The number of aromatic hydroxyl groups is 1. The van der Waals surface area contributed by atoms with Crippen molar-refractivity contribution < 1.29 is 34.2 Å². The first-order valence-corrected chi connectivity index (χ1v) is 10.4. The molecule has 1 amide bonds. The van der Waals surface area contributed by atoms with Gasteiger partial charge in [-0.25, -0.2) is 9.18 Å². The number of halogens is 1. The Bertz CT molecular complexity index is 1200. The number of rotatable bonds is 7. The zero-order valence-corrected chi connectivity index (χ0v) is 17.7. The summed E-state index contributed by atoms with van der Waals surface area (Å²) in [5, 5.41) is 43.6. The largest absolute Gasteiger partial charge is 0.502 e. The third kappa shape index (κ3) is 4.41. The van der Waals surface area contributed by atoms with Gasteiger partial charge in [0, 0.05) is 18.0 Å². The van der Waals surface area contributed by atoms with Crippen LogP contribution < -0.4 is 5.32 Å². The number of benzene rings is 3. The van der Waals surface area contributed by atoms with Gasteiger partial charge in [0.1, 0.15) is 24.6 Å². The van der Waals surface area contributed by atoms with E-state index in [1.165, 1.54) is 0 Å². The van der Waals surface area contributed by atoms with Gasteiger partial charge < -0.3 is 25.4 Å². The van der Waals surface area contributed by atoms with Crippen LogP contribution in [0.3, 0.4) is 0 Å². The highest BCUT2D eigenvalue weighted by Gasteiger charge is 2.30. The summed E-state index contributed by atoms with van der Waals surface area (Å²) in [6, 6.07) is 16.8. The van der Waals surface area contributed by atoms with Gasteiger partial charge in [-0.15, -0.1) is 0 Å². The number of amides is 1. The van der Waals surface area contributed by atoms with E-state index in [0.717, 1.165) is 22.3 Å². The number of nitro benzene ring substituents is 1. The van der Waals surface area contributed by atoms with E-state index in [4.69, 9.17) is 4.74 Å². The minimum Gasteiger partial charge on any atom is -0.502 e. The van der Waals surface area contributed by atoms with E-state index >= 15 is 0 Å². The maximum Gasteiger partial charge on any atom is 0.407 e. The highest BCUT2D eigenvalue weighted by Crippen LogP contribution is 2.44. The van der Waals surface area contributed by atoms with Gasteiger partial charge in [0.15, 0.2) is 0 Å². The second-order valence-corrected chi connectivity index (χ2v) is 7.84. The van der Waals surface area contributed by atoms with Crippen LogP contribution in [0.25, 0.3) is 11.1 Å². The Hall–Kier alpha value is -4.02. The van der Waals surface area contributed by atoms with Gasteiger partial charge in [0.05, 0.1) is 11.0 Å². The van der Waals surface area contributed by atoms with Gasteiger partial charge >= 0.3 is 11.8 Å². The Labute approximate surface area is 193 Å². The maximum absolute atomic E-state index is 13.7. The number of phenolic OH excluding ortho intramolecular Hbond substituents is 1. The fourth-order valence-corrected chi connectivity index (χ4v) is 4.13. The molecule has 176 valence electrons. The molecule has 10 heteroatoms. The Morgan fingerprint density at radius 2 is 1.68 bits per heavy atom. The minimum absolute atomic E-state index is 0.0371. The standard InChI is InChI=1S/C24H21FN2O7/c25-13-9-18(22(29)20(10-13)27(32)33)23(30)21(28)11-26-24(31)34-12-19-16-7-3-1-5-14(16)15-6-2-4-8-17(15)19/h1-10,19,21,23,28-30H,11-12H2,(H,26,31). The smallest absolute Gasteiger partial charge is 0.407 e. The Kier molecular flexibility index (Phi) is 6.44. The first-order valence-electron chi connectivity index (χ1n) is 10.4. The molecule has 4 N–H and O–H groups in total. The lowest BCUT2D eigenvalue weighted by Gasteiger charge is -2.20. The first-order chi connectivity index (χ1) is 16.3. The van der Waals surface area contributed by atoms with Crippen LogP contribution in [0, 0.1) is 15.9 Å². The van der Waals surface area contributed by atoms with E-state index in [-0.39, 0.29) is 12.5 Å². The van der Waals surface area contributed by atoms with E-state index in [1.54, 1.807) is 0 Å². The third-order valence-corrected chi connectivity index (χ3v) is 5.76. The lowest BCUT2D eigenvalue weighted by atomic mass is 9.98. The number of nitro groups is 1. The predicted octanol–water partition coefficient (Wildman–Crippen LogP) is 3.37. The van der Waals surface area contributed by atoms with Crippen molar-refractivity contribution in [2.75, 3.05) is 13.2 Å². The zero-order chi connectivity index (χ0) is 24.4. The lowest BCUT2D eigenvalue weighted by Crippen LogP contribution is -2.36. The molecule has 34 heavy (non-hydrogen) atoms. The van der Waals surface area contributed by atoms with Gasteiger partial charge in [-0.05, 0) is 28.3 Å². The molecule has 0 saturated heterocycles. The highest BCUT2D eigenvalue weighted by molar-refractivity contribution is 5.79. The van der Waals surface area contributed by atoms with Gasteiger partial charge in [-0.1, -0.05) is 48.5 Å². The molecule has 0 heterocycles. The molecule has 0 radical (unpaired) electrons. The fraction of sp³-hybridized carbons (Fsp3) is 0.208. The molecule has 0 spiro atoms. The highest BCUT2D eigenvalue weighted by atomic mass is 19.1. The summed E-state index contributed by atoms with van der Waals surface area (Å²) in [6.45, 7) is -0.475. The third-order valence-electron chi connectivity index (χ3n) is 5.76. The summed E-state index contributed by atoms with van der Waals surface area (Å²) >= 11 is 0. The Morgan fingerprint density at radius 1 is 1.09 bits per heavy atom. The molecule has 0 saturated carbocycles. The molecule has 2 atom stereocenters. The number of ether oxygens (including phenoxy) is 1. The van der Waals surface area contributed by atoms with E-state index in [2.05, 4.69) is 5.32 Å². The number of hydrogen-bond donors (Lipinski definition) is 4. The molecule has 4 rings (SSSR count). The van der Waals surface area contributed by atoms with Gasteiger partial charge in [-0.2, -0.15) is 0 Å². The quantitative estimate of drug-likeness (QED) is 0.308. The molecule has 0 aliphatic heterocycles. The van der Waals surface area contributed by atoms with E-state index in [9.17, 15) is 34.6 Å². The molecule has 0 fully saturated rings. The average Bonchev–Trinajstić information content (AvgIpc) is 3.15. The zero-order valence-electron chi connectivity index (χ0n) is 17.7. The van der Waals surface area contributed by atoms with Crippen molar-refractivity contribution in [3.05, 3.63) is 93.3 Å². The number of nitrogens with one attached hydrogen (secondary N) is 1. The van der Waals surface area contributed by atoms with Crippen molar-refractivity contribution in [1.82, 2.24) is 5.32 Å². The number of aliphatic hydroxyl groups is 2. The van der Waals surface area contributed by atoms with Crippen LogP contribution in [0.5, 0.6) is 5.75 Å². The maximum atomic E-state index is 13.7. The van der Waals surface area contributed by atoms with Crippen molar-refractivity contribution in [3.8, 4) is 16.9 Å². The Balaban J connectivity index is 1.37. The van der Waals surface area contributed by atoms with Crippen LogP contribution in [0.1, 0.15) is 28.7 Å². The number of aliphatic hydroxyl groups excluding tert-OH is 2. The normalized spacial score (nSPS) is 14.1. The summed E-state index contributed by atoms with van der Waals surface area (Å²) in [5.74, 6) is -2.22. The average molecular weight is 468 g/mol. The molecular formula is C24H21FN2O7. The van der Waals surface area contributed by atoms with Gasteiger partial charge in [0.2, 0.25) is 5.75 Å². The predicted molar refractivity (Wildman–Crippen MR) is 119 cm³/mol. The molecule has 0 aromatic heterocycles. The van der Waals surface area contributed by atoms with Crippen molar-refractivity contribution in [2.24, 2.45) is 0 Å². The van der Waals surface area contributed by atoms with Crippen molar-refractivity contribution >= 4 is 11.8 Å². The molecule has 1 aliphatic rings. The second kappa shape index (κ2) is 9.46. The number of hydrogen-bond acceptors (Lipinski definition) is 7. The van der Waals surface area contributed by atoms with E-state index in [0.29, 0.717) is 12.1 Å². The molecule has 3 aromatic carbocycles. The molecule has 0 bridgehead atoms. The number of alkyl carbamates (subject to hydrolysis) is 1. The van der Waals surface area contributed by atoms with Crippen LogP contribution in [-0.2, 0) is 4.74 Å². The minimum atomic E-state index is -1.90. The topological polar surface area (TPSA) is 142 Å². The lowest BCUT2D eigenvalue weighted by molar-refractivity contribution is -0.386. The van der Waals surface area contributed by atoms with Crippen molar-refractivity contribution in [3.63, 3.8) is 0 Å². The van der Waals surface area contributed by atoms with Crippen molar-refractivity contribution in [1.29, 1.82) is 0 Å². The van der Waals surface area contributed by atoms with E-state index < -0.39 is 52.6 Å². The molecule has 3 aromatic rings. The van der Waals surface area contributed by atoms with E-state index in [1.807, 2.05) is 48.5 Å². The molecule has 9 nitrogen and oxygen atoms in total. The summed E-state index contributed by atoms with van der Waals surface area (Å²) in [6.07, 6.45) is -4.46. The summed E-state index contributed by atoms with van der Waals surface area (Å²) in [4.78, 5) is 22.1. The molecular weight excluding hydrogens is 447 g/mol. The summed E-state index contributed by atoms with van der Waals surface area (Å²) < 4.78 is 19.0.